The summed E-state index contributed by atoms with van der Waals surface area (Å²) in [5.74, 6) is 1.52. The van der Waals surface area contributed by atoms with Crippen LogP contribution in [0.3, 0.4) is 0 Å². The summed E-state index contributed by atoms with van der Waals surface area (Å²) in [6, 6.07) is 14.3. The molecule has 6 heteroatoms. The second-order valence-corrected chi connectivity index (χ2v) is 5.85. The number of carbonyl (C=O) groups is 1. The van der Waals surface area contributed by atoms with Crippen molar-refractivity contribution < 1.29 is 13.9 Å². The average Bonchev–Trinajstić information content (AvgIpc) is 3.03. The van der Waals surface area contributed by atoms with Gasteiger partial charge in [0.25, 0.3) is 5.91 Å². The fraction of sp³-hybridized carbons (Fsp3) is 0.211. The summed E-state index contributed by atoms with van der Waals surface area (Å²) < 4.78 is 11.0. The van der Waals surface area contributed by atoms with Gasteiger partial charge in [-0.3, -0.25) is 4.79 Å². The van der Waals surface area contributed by atoms with Crippen molar-refractivity contribution in [3.63, 3.8) is 0 Å². The van der Waals surface area contributed by atoms with Gasteiger partial charge < -0.3 is 14.5 Å². The Labute approximate surface area is 145 Å². The van der Waals surface area contributed by atoms with Crippen LogP contribution < -0.4 is 10.1 Å². The molecule has 1 heterocycles. The predicted octanol–water partition coefficient (Wildman–Crippen LogP) is 4.08. The molecule has 0 fully saturated rings. The number of benzene rings is 2. The smallest absolute Gasteiger partial charge is 0.255 e. The van der Waals surface area contributed by atoms with Crippen molar-refractivity contribution in [2.45, 2.75) is 26.9 Å². The predicted molar refractivity (Wildman–Crippen MR) is 94.6 cm³/mol. The summed E-state index contributed by atoms with van der Waals surface area (Å²) in [5.41, 5.74) is 2.02. The van der Waals surface area contributed by atoms with Gasteiger partial charge in [-0.15, -0.1) is 10.2 Å². The molecule has 25 heavy (non-hydrogen) atoms. The molecule has 0 aliphatic rings. The second kappa shape index (κ2) is 7.17. The van der Waals surface area contributed by atoms with Gasteiger partial charge in [0.15, 0.2) is 0 Å². The number of ether oxygens (including phenoxy) is 1. The fourth-order valence-corrected chi connectivity index (χ4v) is 2.27. The maximum absolute atomic E-state index is 12.3. The topological polar surface area (TPSA) is 77.2 Å². The minimum atomic E-state index is -0.189. The number of rotatable bonds is 5. The van der Waals surface area contributed by atoms with E-state index < -0.39 is 0 Å². The molecule has 3 aromatic rings. The molecule has 0 aliphatic carbocycles. The molecule has 128 valence electrons. The molecule has 0 saturated carbocycles. The van der Waals surface area contributed by atoms with Gasteiger partial charge in [-0.25, -0.2) is 0 Å². The summed E-state index contributed by atoms with van der Waals surface area (Å²) in [6.07, 6.45) is 0.113. The number of amides is 1. The summed E-state index contributed by atoms with van der Waals surface area (Å²) in [7, 11) is 0. The van der Waals surface area contributed by atoms with Crippen molar-refractivity contribution in [2.75, 3.05) is 5.32 Å². The highest BCUT2D eigenvalue weighted by Gasteiger charge is 2.09. The number of carbonyl (C=O) groups excluding carboxylic acids is 1. The minimum absolute atomic E-state index is 0.113. The summed E-state index contributed by atoms with van der Waals surface area (Å²) in [5, 5.41) is 10.6. The third-order valence-corrected chi connectivity index (χ3v) is 3.40. The zero-order valence-corrected chi connectivity index (χ0v) is 14.3. The number of anilines is 1. The van der Waals surface area contributed by atoms with Gasteiger partial charge >= 0.3 is 0 Å². The van der Waals surface area contributed by atoms with Crippen molar-refractivity contribution in [3.05, 3.63) is 60.0 Å². The van der Waals surface area contributed by atoms with Gasteiger partial charge in [-0.2, -0.15) is 0 Å². The molecule has 0 aliphatic heterocycles. The first-order valence-electron chi connectivity index (χ1n) is 8.00. The molecule has 6 nitrogen and oxygen atoms in total. The molecule has 0 radical (unpaired) electrons. The lowest BCUT2D eigenvalue weighted by Crippen LogP contribution is -2.11. The molecule has 2 aromatic carbocycles. The van der Waals surface area contributed by atoms with Gasteiger partial charge in [-0.1, -0.05) is 0 Å². The molecular formula is C19H19N3O3. The third kappa shape index (κ3) is 4.23. The number of aryl methyl sites for hydroxylation is 1. The second-order valence-electron chi connectivity index (χ2n) is 5.85. The quantitative estimate of drug-likeness (QED) is 0.759. The lowest BCUT2D eigenvalue weighted by atomic mass is 10.1. The molecular weight excluding hydrogens is 318 g/mol. The number of nitrogens with one attached hydrogen (secondary N) is 1. The number of nitrogens with zero attached hydrogens (tertiary/aromatic N) is 2. The van der Waals surface area contributed by atoms with Crippen LogP contribution in [0.2, 0.25) is 0 Å². The van der Waals surface area contributed by atoms with E-state index in [4.69, 9.17) is 9.15 Å². The van der Waals surface area contributed by atoms with Gasteiger partial charge in [-0.05, 0) is 62.4 Å². The van der Waals surface area contributed by atoms with E-state index in [-0.39, 0.29) is 12.0 Å². The highest BCUT2D eigenvalue weighted by molar-refractivity contribution is 6.04. The fourth-order valence-electron chi connectivity index (χ4n) is 2.27. The van der Waals surface area contributed by atoms with Crippen molar-refractivity contribution in [1.82, 2.24) is 10.2 Å². The van der Waals surface area contributed by atoms with E-state index in [2.05, 4.69) is 15.5 Å². The maximum atomic E-state index is 12.3. The van der Waals surface area contributed by atoms with E-state index >= 15 is 0 Å². The summed E-state index contributed by atoms with van der Waals surface area (Å²) >= 11 is 0. The van der Waals surface area contributed by atoms with E-state index in [0.29, 0.717) is 23.0 Å². The van der Waals surface area contributed by atoms with Crippen LogP contribution in [0.15, 0.2) is 52.9 Å². The first-order chi connectivity index (χ1) is 12.0. The van der Waals surface area contributed by atoms with E-state index in [0.717, 1.165) is 11.3 Å². The number of hydrogen-bond acceptors (Lipinski definition) is 5. The van der Waals surface area contributed by atoms with E-state index in [1.807, 2.05) is 38.1 Å². The van der Waals surface area contributed by atoms with Crippen LogP contribution in [0, 0.1) is 6.92 Å². The Kier molecular flexibility index (Phi) is 4.79. The maximum Gasteiger partial charge on any atom is 0.255 e. The molecule has 3 rings (SSSR count). The standard InChI is InChI=1S/C19H19N3O3/c1-12(2)24-17-10-8-16(9-11-17)20-18(23)14-4-6-15(7-5-14)19-22-21-13(3)25-19/h4-12H,1-3H3,(H,20,23). The van der Waals surface area contributed by atoms with E-state index in [9.17, 15) is 4.79 Å². The van der Waals surface area contributed by atoms with Crippen LogP contribution in [-0.4, -0.2) is 22.2 Å². The molecule has 1 amide bonds. The normalized spacial score (nSPS) is 10.7. The molecule has 0 unspecified atom stereocenters. The number of aromatic nitrogens is 2. The molecule has 0 bridgehead atoms. The number of hydrogen-bond donors (Lipinski definition) is 1. The monoisotopic (exact) mass is 337 g/mol. The van der Waals surface area contributed by atoms with Crippen LogP contribution in [0.1, 0.15) is 30.1 Å². The Morgan fingerprint density at radius 3 is 2.28 bits per heavy atom. The zero-order valence-electron chi connectivity index (χ0n) is 14.3. The Hall–Kier alpha value is -3.15. The first-order valence-corrected chi connectivity index (χ1v) is 8.00. The lowest BCUT2D eigenvalue weighted by molar-refractivity contribution is 0.102. The molecule has 1 aromatic heterocycles. The molecule has 1 N–H and O–H groups in total. The Balaban J connectivity index is 1.66. The largest absolute Gasteiger partial charge is 0.491 e. The summed E-state index contributed by atoms with van der Waals surface area (Å²) in [4.78, 5) is 12.3. The zero-order chi connectivity index (χ0) is 17.8. The van der Waals surface area contributed by atoms with Crippen LogP contribution in [-0.2, 0) is 0 Å². The van der Waals surface area contributed by atoms with Gasteiger partial charge in [0.2, 0.25) is 11.8 Å². The van der Waals surface area contributed by atoms with E-state index in [1.165, 1.54) is 0 Å². The third-order valence-electron chi connectivity index (χ3n) is 3.40. The molecule has 0 saturated heterocycles. The average molecular weight is 337 g/mol. The summed E-state index contributed by atoms with van der Waals surface area (Å²) in [6.45, 7) is 5.67. The van der Waals surface area contributed by atoms with Crippen LogP contribution in [0.5, 0.6) is 5.75 Å². The Morgan fingerprint density at radius 2 is 1.72 bits per heavy atom. The highest BCUT2D eigenvalue weighted by atomic mass is 16.5. The SMILES string of the molecule is Cc1nnc(-c2ccc(C(=O)Nc3ccc(OC(C)C)cc3)cc2)o1. The lowest BCUT2D eigenvalue weighted by Gasteiger charge is -2.10. The van der Waals surface area contributed by atoms with E-state index in [1.54, 1.807) is 31.2 Å². The Morgan fingerprint density at radius 1 is 1.04 bits per heavy atom. The van der Waals surface area contributed by atoms with Crippen molar-refractivity contribution in [2.24, 2.45) is 0 Å². The van der Waals surface area contributed by atoms with Crippen LogP contribution in [0.4, 0.5) is 5.69 Å². The Bertz CT molecular complexity index is 852. The van der Waals surface area contributed by atoms with Crippen LogP contribution in [0.25, 0.3) is 11.5 Å². The molecule has 0 spiro atoms. The van der Waals surface area contributed by atoms with Crippen molar-refractivity contribution in [3.8, 4) is 17.2 Å². The van der Waals surface area contributed by atoms with Gasteiger partial charge in [0, 0.05) is 23.7 Å². The van der Waals surface area contributed by atoms with Gasteiger partial charge in [0.1, 0.15) is 5.75 Å². The van der Waals surface area contributed by atoms with Crippen molar-refractivity contribution in [1.29, 1.82) is 0 Å². The first kappa shape index (κ1) is 16.7. The highest BCUT2D eigenvalue weighted by Crippen LogP contribution is 2.20. The van der Waals surface area contributed by atoms with Crippen LogP contribution >= 0.6 is 0 Å². The minimum Gasteiger partial charge on any atom is -0.491 e. The molecule has 0 atom stereocenters. The van der Waals surface area contributed by atoms with Crippen molar-refractivity contribution >= 4 is 11.6 Å². The van der Waals surface area contributed by atoms with Gasteiger partial charge in [0.05, 0.1) is 6.10 Å².